The van der Waals surface area contributed by atoms with E-state index in [-0.39, 0.29) is 17.6 Å². The van der Waals surface area contributed by atoms with Crippen LogP contribution in [-0.2, 0) is 11.3 Å². The summed E-state index contributed by atoms with van der Waals surface area (Å²) in [7, 11) is 0. The summed E-state index contributed by atoms with van der Waals surface area (Å²) in [5, 5.41) is 12.6. The van der Waals surface area contributed by atoms with E-state index in [1.807, 2.05) is 25.1 Å². The summed E-state index contributed by atoms with van der Waals surface area (Å²) < 4.78 is 6.11. The number of unbranched alkanes of at least 4 members (excludes halogenated alkanes) is 2. The number of hydrazine groups is 1. The van der Waals surface area contributed by atoms with E-state index in [1.54, 1.807) is 24.3 Å². The van der Waals surface area contributed by atoms with Crippen molar-refractivity contribution in [2.75, 3.05) is 13.2 Å². The Hall–Kier alpha value is -2.58. The van der Waals surface area contributed by atoms with Crippen LogP contribution in [0.5, 0.6) is 11.5 Å². The van der Waals surface area contributed by atoms with Crippen molar-refractivity contribution >= 4 is 27.7 Å². The number of ether oxygens (including phenoxy) is 1. The molecule has 0 spiro atoms. The number of benzene rings is 2. The quantitative estimate of drug-likeness (QED) is 0.276. The van der Waals surface area contributed by atoms with Gasteiger partial charge in [0.25, 0.3) is 5.91 Å². The van der Waals surface area contributed by atoms with Gasteiger partial charge in [-0.25, -0.2) is 5.43 Å². The first-order chi connectivity index (χ1) is 14.5. The van der Waals surface area contributed by atoms with Crippen LogP contribution in [0, 0.1) is 0 Å². The van der Waals surface area contributed by atoms with Crippen molar-refractivity contribution in [2.24, 2.45) is 0 Å². The molecule has 0 aliphatic carbocycles. The lowest BCUT2D eigenvalue weighted by molar-refractivity contribution is -0.122. The van der Waals surface area contributed by atoms with Crippen LogP contribution >= 0.6 is 15.9 Å². The average Bonchev–Trinajstić information content (AvgIpc) is 2.73. The average molecular weight is 478 g/mol. The summed E-state index contributed by atoms with van der Waals surface area (Å²) in [6.07, 6.45) is 2.81. The maximum atomic E-state index is 12.1. The van der Waals surface area contributed by atoms with Crippen molar-refractivity contribution < 1.29 is 19.4 Å². The number of nitrogens with one attached hydrogen (secondary N) is 3. The topological polar surface area (TPSA) is 99.7 Å². The maximum absolute atomic E-state index is 12.1. The van der Waals surface area contributed by atoms with Gasteiger partial charge in [0, 0.05) is 24.0 Å². The van der Waals surface area contributed by atoms with Crippen LogP contribution in [0.4, 0.5) is 0 Å². The smallest absolute Gasteiger partial charge is 0.252 e. The SMILES string of the molecule is CCOc1cc(CNNC(=O)CCCCCNC(=O)c2ccccc2Br)ccc1O. The number of halogens is 1. The highest BCUT2D eigenvalue weighted by Gasteiger charge is 2.08. The summed E-state index contributed by atoms with van der Waals surface area (Å²) in [4.78, 5) is 24.0. The van der Waals surface area contributed by atoms with Gasteiger partial charge in [-0.2, -0.15) is 0 Å². The molecule has 2 aromatic carbocycles. The van der Waals surface area contributed by atoms with Crippen molar-refractivity contribution in [3.63, 3.8) is 0 Å². The number of hydrogen-bond acceptors (Lipinski definition) is 5. The van der Waals surface area contributed by atoms with Gasteiger partial charge < -0.3 is 15.2 Å². The lowest BCUT2D eigenvalue weighted by Gasteiger charge is -2.10. The normalized spacial score (nSPS) is 10.5. The predicted octanol–water partition coefficient (Wildman–Crippen LogP) is 3.66. The third-order valence-electron chi connectivity index (χ3n) is 4.33. The zero-order chi connectivity index (χ0) is 21.8. The molecule has 0 aromatic heterocycles. The fraction of sp³-hybridized carbons (Fsp3) is 0.364. The molecule has 2 aromatic rings. The Morgan fingerprint density at radius 1 is 1.10 bits per heavy atom. The van der Waals surface area contributed by atoms with Gasteiger partial charge in [0.2, 0.25) is 5.91 Å². The molecule has 2 rings (SSSR count). The molecule has 0 unspecified atom stereocenters. The molecule has 0 aliphatic rings. The molecule has 4 N–H and O–H groups in total. The van der Waals surface area contributed by atoms with Crippen molar-refractivity contribution in [2.45, 2.75) is 39.2 Å². The van der Waals surface area contributed by atoms with Crippen LogP contribution in [0.2, 0.25) is 0 Å². The Morgan fingerprint density at radius 3 is 2.67 bits per heavy atom. The Labute approximate surface area is 185 Å². The van der Waals surface area contributed by atoms with Crippen LogP contribution < -0.4 is 20.9 Å². The lowest BCUT2D eigenvalue weighted by atomic mass is 10.1. The zero-order valence-corrected chi connectivity index (χ0v) is 18.6. The lowest BCUT2D eigenvalue weighted by Crippen LogP contribution is -2.36. The molecule has 0 atom stereocenters. The minimum atomic E-state index is -0.105. The van der Waals surface area contributed by atoms with Crippen LogP contribution in [0.15, 0.2) is 46.9 Å². The van der Waals surface area contributed by atoms with Crippen LogP contribution in [0.25, 0.3) is 0 Å². The second-order valence-electron chi connectivity index (χ2n) is 6.68. The van der Waals surface area contributed by atoms with E-state index in [2.05, 4.69) is 32.1 Å². The predicted molar refractivity (Wildman–Crippen MR) is 119 cm³/mol. The molecule has 0 radical (unpaired) electrons. The molecular weight excluding hydrogens is 450 g/mol. The van der Waals surface area contributed by atoms with Crippen molar-refractivity contribution in [1.29, 1.82) is 0 Å². The van der Waals surface area contributed by atoms with Gasteiger partial charge >= 0.3 is 0 Å². The number of phenols is 1. The number of carbonyl (C=O) groups excluding carboxylic acids is 2. The van der Waals surface area contributed by atoms with E-state index in [0.29, 0.717) is 37.4 Å². The fourth-order valence-electron chi connectivity index (χ4n) is 2.78. The molecule has 0 saturated heterocycles. The number of aromatic hydroxyl groups is 1. The van der Waals surface area contributed by atoms with Gasteiger partial charge in [0.05, 0.1) is 12.2 Å². The Kier molecular flexibility index (Phi) is 10.2. The van der Waals surface area contributed by atoms with Crippen LogP contribution in [0.1, 0.15) is 48.5 Å². The molecule has 7 nitrogen and oxygen atoms in total. The van der Waals surface area contributed by atoms with Crippen molar-refractivity contribution in [3.8, 4) is 11.5 Å². The molecule has 0 heterocycles. The number of rotatable bonds is 12. The van der Waals surface area contributed by atoms with E-state index in [9.17, 15) is 14.7 Å². The first-order valence-electron chi connectivity index (χ1n) is 10.0. The monoisotopic (exact) mass is 477 g/mol. The molecule has 2 amide bonds. The van der Waals surface area contributed by atoms with Gasteiger partial charge in [-0.3, -0.25) is 15.0 Å². The molecule has 0 fully saturated rings. The summed E-state index contributed by atoms with van der Waals surface area (Å²) in [6, 6.07) is 12.4. The maximum Gasteiger partial charge on any atom is 0.252 e. The first-order valence-corrected chi connectivity index (χ1v) is 10.8. The standard InChI is InChI=1S/C22H28BrN3O4/c1-2-30-20-14-16(11-12-19(20)27)15-25-26-21(28)10-4-3-7-13-24-22(29)17-8-5-6-9-18(17)23/h5-6,8-9,11-12,14,25,27H,2-4,7,10,13,15H2,1H3,(H,24,29)(H,26,28). The van der Waals surface area contributed by atoms with Crippen LogP contribution in [0.3, 0.4) is 0 Å². The van der Waals surface area contributed by atoms with E-state index >= 15 is 0 Å². The Balaban J connectivity index is 1.56. The highest BCUT2D eigenvalue weighted by atomic mass is 79.9. The summed E-state index contributed by atoms with van der Waals surface area (Å²) in [5.74, 6) is 0.328. The van der Waals surface area contributed by atoms with Gasteiger partial charge in [-0.05, 0) is 65.5 Å². The van der Waals surface area contributed by atoms with Gasteiger partial charge in [-0.15, -0.1) is 0 Å². The van der Waals surface area contributed by atoms with Gasteiger partial charge in [0.15, 0.2) is 11.5 Å². The van der Waals surface area contributed by atoms with E-state index in [4.69, 9.17) is 4.74 Å². The molecular formula is C22H28BrN3O4. The number of phenolic OH excluding ortho intramolecular Hbond substituents is 1. The van der Waals surface area contributed by atoms with E-state index in [0.717, 1.165) is 29.3 Å². The highest BCUT2D eigenvalue weighted by molar-refractivity contribution is 9.10. The largest absolute Gasteiger partial charge is 0.504 e. The van der Waals surface area contributed by atoms with Gasteiger partial charge in [0.1, 0.15) is 0 Å². The molecule has 30 heavy (non-hydrogen) atoms. The number of carbonyl (C=O) groups is 2. The minimum absolute atomic E-state index is 0.0870. The fourth-order valence-corrected chi connectivity index (χ4v) is 3.24. The minimum Gasteiger partial charge on any atom is -0.504 e. The molecule has 0 saturated carbocycles. The second-order valence-corrected chi connectivity index (χ2v) is 7.54. The first kappa shape index (κ1) is 23.7. The Bertz CT molecular complexity index is 845. The highest BCUT2D eigenvalue weighted by Crippen LogP contribution is 2.26. The molecule has 0 aliphatic heterocycles. The zero-order valence-electron chi connectivity index (χ0n) is 17.0. The number of hydrogen-bond donors (Lipinski definition) is 4. The van der Waals surface area contributed by atoms with Gasteiger partial charge in [-0.1, -0.05) is 24.6 Å². The molecule has 0 bridgehead atoms. The van der Waals surface area contributed by atoms with E-state index in [1.165, 1.54) is 0 Å². The van der Waals surface area contributed by atoms with E-state index < -0.39 is 0 Å². The van der Waals surface area contributed by atoms with Crippen molar-refractivity contribution in [1.82, 2.24) is 16.2 Å². The molecule has 8 heteroatoms. The van der Waals surface area contributed by atoms with Crippen LogP contribution in [-0.4, -0.2) is 30.1 Å². The number of amides is 2. The molecule has 162 valence electrons. The second kappa shape index (κ2) is 12.9. The summed E-state index contributed by atoms with van der Waals surface area (Å²) in [6.45, 7) is 3.31. The summed E-state index contributed by atoms with van der Waals surface area (Å²) in [5.41, 5.74) is 7.05. The summed E-state index contributed by atoms with van der Waals surface area (Å²) >= 11 is 3.37. The third-order valence-corrected chi connectivity index (χ3v) is 5.02. The Morgan fingerprint density at radius 2 is 1.90 bits per heavy atom. The third kappa shape index (κ3) is 8.04. The van der Waals surface area contributed by atoms with Crippen molar-refractivity contribution in [3.05, 3.63) is 58.1 Å².